The Hall–Kier alpha value is -3.37. The Morgan fingerprint density at radius 2 is 1.94 bits per heavy atom. The molecule has 0 bridgehead atoms. The number of ether oxygens (including phenoxy) is 3. The van der Waals surface area contributed by atoms with Gasteiger partial charge in [-0.15, -0.1) is 0 Å². The van der Waals surface area contributed by atoms with Crippen molar-refractivity contribution in [1.82, 2.24) is 4.57 Å². The summed E-state index contributed by atoms with van der Waals surface area (Å²) in [4.78, 5) is 31.6. The number of allylic oxidation sites excluding steroid dienone is 1. The van der Waals surface area contributed by atoms with Gasteiger partial charge in [0.15, 0.2) is 16.3 Å². The molecular formula is C25H23BrN2O6S. The Labute approximate surface area is 213 Å². The largest absolute Gasteiger partial charge is 0.503 e. The molecule has 4 rings (SSSR count). The highest BCUT2D eigenvalue weighted by Crippen LogP contribution is 2.35. The number of carbonyl (C=O) groups is 1. The van der Waals surface area contributed by atoms with Gasteiger partial charge in [-0.1, -0.05) is 23.5 Å². The second kappa shape index (κ2) is 10.1. The molecule has 0 fully saturated rings. The zero-order chi connectivity index (χ0) is 25.3. The average molecular weight is 559 g/mol. The molecule has 0 radical (unpaired) electrons. The van der Waals surface area contributed by atoms with Crippen LogP contribution in [0.4, 0.5) is 0 Å². The van der Waals surface area contributed by atoms with Gasteiger partial charge < -0.3 is 19.3 Å². The van der Waals surface area contributed by atoms with E-state index < -0.39 is 12.0 Å². The van der Waals surface area contributed by atoms with E-state index in [1.54, 1.807) is 51.3 Å². The number of halogens is 1. The summed E-state index contributed by atoms with van der Waals surface area (Å²) in [6.07, 6.45) is 1.70. The molecule has 0 saturated heterocycles. The average Bonchev–Trinajstić information content (AvgIpc) is 3.14. The van der Waals surface area contributed by atoms with Crippen molar-refractivity contribution in [1.29, 1.82) is 0 Å². The van der Waals surface area contributed by atoms with Crippen molar-refractivity contribution in [2.75, 3.05) is 20.8 Å². The van der Waals surface area contributed by atoms with E-state index in [0.29, 0.717) is 36.4 Å². The van der Waals surface area contributed by atoms with Crippen molar-refractivity contribution in [3.8, 4) is 17.2 Å². The van der Waals surface area contributed by atoms with Gasteiger partial charge in [0.05, 0.1) is 47.1 Å². The Balaban J connectivity index is 1.94. The second-order valence-electron chi connectivity index (χ2n) is 7.63. The van der Waals surface area contributed by atoms with Gasteiger partial charge >= 0.3 is 5.97 Å². The molecule has 1 unspecified atom stereocenters. The highest BCUT2D eigenvalue weighted by Gasteiger charge is 2.33. The molecule has 1 aromatic heterocycles. The minimum atomic E-state index is -0.709. The van der Waals surface area contributed by atoms with Crippen LogP contribution in [0.2, 0.25) is 0 Å². The third kappa shape index (κ3) is 4.63. The first kappa shape index (κ1) is 24.7. The zero-order valence-electron chi connectivity index (χ0n) is 19.5. The van der Waals surface area contributed by atoms with Gasteiger partial charge in [0.2, 0.25) is 0 Å². The van der Waals surface area contributed by atoms with Crippen LogP contribution in [0.1, 0.15) is 31.0 Å². The Morgan fingerprint density at radius 1 is 1.23 bits per heavy atom. The van der Waals surface area contributed by atoms with Gasteiger partial charge in [-0.25, -0.2) is 9.79 Å². The van der Waals surface area contributed by atoms with E-state index in [4.69, 9.17) is 14.2 Å². The number of aromatic nitrogens is 1. The Bertz CT molecular complexity index is 1500. The molecule has 1 aliphatic rings. The molecule has 0 amide bonds. The Morgan fingerprint density at radius 3 is 2.57 bits per heavy atom. The van der Waals surface area contributed by atoms with Gasteiger partial charge in [0.1, 0.15) is 5.75 Å². The van der Waals surface area contributed by atoms with Crippen LogP contribution in [0.5, 0.6) is 17.2 Å². The molecular weight excluding hydrogens is 536 g/mol. The van der Waals surface area contributed by atoms with Crippen LogP contribution < -0.4 is 24.4 Å². The lowest BCUT2D eigenvalue weighted by molar-refractivity contribution is -0.139. The third-order valence-electron chi connectivity index (χ3n) is 5.52. The molecule has 0 spiro atoms. The van der Waals surface area contributed by atoms with Gasteiger partial charge in [0, 0.05) is 0 Å². The van der Waals surface area contributed by atoms with E-state index in [-0.39, 0.29) is 23.7 Å². The predicted octanol–water partition coefficient (Wildman–Crippen LogP) is 3.28. The first-order valence-electron chi connectivity index (χ1n) is 10.7. The third-order valence-corrected chi connectivity index (χ3v) is 7.10. The fourth-order valence-electron chi connectivity index (χ4n) is 3.88. The van der Waals surface area contributed by atoms with Crippen molar-refractivity contribution in [2.45, 2.75) is 19.9 Å². The molecule has 35 heavy (non-hydrogen) atoms. The van der Waals surface area contributed by atoms with Crippen LogP contribution in [0, 0.1) is 0 Å². The quantitative estimate of drug-likeness (QED) is 0.466. The Kier molecular flexibility index (Phi) is 7.13. The van der Waals surface area contributed by atoms with Gasteiger partial charge in [-0.3, -0.25) is 9.36 Å². The number of nitrogens with zero attached hydrogens (tertiary/aromatic N) is 2. The maximum absolute atomic E-state index is 13.7. The highest BCUT2D eigenvalue weighted by molar-refractivity contribution is 9.10. The fourth-order valence-corrected chi connectivity index (χ4v) is 5.38. The minimum Gasteiger partial charge on any atom is -0.503 e. The molecule has 1 atom stereocenters. The van der Waals surface area contributed by atoms with Gasteiger partial charge in [-0.05, 0) is 71.2 Å². The van der Waals surface area contributed by atoms with Crippen LogP contribution in [-0.4, -0.2) is 36.5 Å². The molecule has 1 N–H and O–H groups in total. The van der Waals surface area contributed by atoms with Crippen molar-refractivity contribution in [3.05, 3.63) is 83.0 Å². The smallest absolute Gasteiger partial charge is 0.338 e. The topological polar surface area (TPSA) is 99.4 Å². The molecule has 8 nitrogen and oxygen atoms in total. The second-order valence-corrected chi connectivity index (χ2v) is 9.49. The van der Waals surface area contributed by atoms with E-state index in [1.165, 1.54) is 23.0 Å². The number of rotatable bonds is 6. The number of fused-ring (bicyclic) bond motifs is 1. The van der Waals surface area contributed by atoms with E-state index in [2.05, 4.69) is 20.9 Å². The summed E-state index contributed by atoms with van der Waals surface area (Å²) in [5.74, 6) is 0.387. The summed E-state index contributed by atoms with van der Waals surface area (Å²) in [7, 11) is 3.02. The standard InChI is InChI=1S/C25H23BrN2O6S/c1-5-34-24(31)20-13(2)27-25-28(21(20)15-6-8-16(32-3)9-7-15)23(30)19(35-25)12-14-10-17(26)22(29)18(11-14)33-4/h6-12,21,29H,5H2,1-4H3. The summed E-state index contributed by atoms with van der Waals surface area (Å²) in [5, 5.41) is 10.1. The molecule has 0 saturated carbocycles. The monoisotopic (exact) mass is 558 g/mol. The number of carbonyl (C=O) groups excluding carboxylic acids is 1. The molecule has 3 aromatic rings. The van der Waals surface area contributed by atoms with Crippen LogP contribution in [-0.2, 0) is 9.53 Å². The summed E-state index contributed by atoms with van der Waals surface area (Å²) >= 11 is 4.52. The molecule has 2 aromatic carbocycles. The zero-order valence-corrected chi connectivity index (χ0v) is 21.9. The SMILES string of the molecule is CCOC(=O)C1=C(C)N=c2sc(=Cc3cc(Br)c(O)c(OC)c3)c(=O)n2C1c1ccc(OC)cc1. The number of aromatic hydroxyl groups is 1. The van der Waals surface area contributed by atoms with Crippen LogP contribution in [0.3, 0.4) is 0 Å². The van der Waals surface area contributed by atoms with E-state index in [0.717, 1.165) is 5.56 Å². The number of benzene rings is 2. The maximum atomic E-state index is 13.7. The van der Waals surface area contributed by atoms with E-state index in [1.807, 2.05) is 12.1 Å². The number of hydrogen-bond donors (Lipinski definition) is 1. The van der Waals surface area contributed by atoms with Crippen LogP contribution >= 0.6 is 27.3 Å². The number of phenols is 1. The van der Waals surface area contributed by atoms with Crippen molar-refractivity contribution in [3.63, 3.8) is 0 Å². The maximum Gasteiger partial charge on any atom is 0.338 e. The van der Waals surface area contributed by atoms with Crippen molar-refractivity contribution >= 4 is 39.3 Å². The fraction of sp³-hybridized carbons (Fsp3) is 0.240. The van der Waals surface area contributed by atoms with Crippen molar-refractivity contribution in [2.24, 2.45) is 4.99 Å². The number of esters is 1. The van der Waals surface area contributed by atoms with Crippen LogP contribution in [0.15, 0.2) is 61.9 Å². The first-order chi connectivity index (χ1) is 16.8. The van der Waals surface area contributed by atoms with E-state index >= 15 is 0 Å². The number of thiazole rings is 1. The predicted molar refractivity (Wildman–Crippen MR) is 136 cm³/mol. The van der Waals surface area contributed by atoms with E-state index in [9.17, 15) is 14.7 Å². The summed E-state index contributed by atoms with van der Waals surface area (Å²) in [6.45, 7) is 3.67. The number of methoxy groups -OCH3 is 2. The lowest BCUT2D eigenvalue weighted by atomic mass is 9.96. The van der Waals surface area contributed by atoms with Gasteiger partial charge in [0.25, 0.3) is 5.56 Å². The number of phenolic OH excluding ortho intramolecular Hbond substituents is 1. The van der Waals surface area contributed by atoms with Crippen LogP contribution in [0.25, 0.3) is 6.08 Å². The molecule has 1 aliphatic heterocycles. The van der Waals surface area contributed by atoms with Crippen molar-refractivity contribution < 1.29 is 24.1 Å². The summed E-state index contributed by atoms with van der Waals surface area (Å²) < 4.78 is 18.2. The molecule has 0 aliphatic carbocycles. The highest BCUT2D eigenvalue weighted by atomic mass is 79.9. The minimum absolute atomic E-state index is 0.0275. The molecule has 2 heterocycles. The lowest BCUT2D eigenvalue weighted by Gasteiger charge is -2.24. The summed E-state index contributed by atoms with van der Waals surface area (Å²) in [5.41, 5.74) is 1.88. The molecule has 182 valence electrons. The first-order valence-corrected chi connectivity index (χ1v) is 12.3. The molecule has 10 heteroatoms. The van der Waals surface area contributed by atoms with Gasteiger partial charge in [-0.2, -0.15) is 0 Å². The number of hydrogen-bond acceptors (Lipinski definition) is 8. The summed E-state index contributed by atoms with van der Waals surface area (Å²) in [6, 6.07) is 9.81. The normalized spacial score (nSPS) is 15.5. The lowest BCUT2D eigenvalue weighted by Crippen LogP contribution is -2.39.